The van der Waals surface area contributed by atoms with Crippen molar-refractivity contribution in [2.45, 2.75) is 12.8 Å². The number of halogens is 1. The van der Waals surface area contributed by atoms with Crippen LogP contribution < -0.4 is 5.32 Å². The van der Waals surface area contributed by atoms with Crippen LogP contribution in [0.4, 0.5) is 5.69 Å². The highest BCUT2D eigenvalue weighted by atomic mass is 79.9. The summed E-state index contributed by atoms with van der Waals surface area (Å²) in [6, 6.07) is 21.4. The van der Waals surface area contributed by atoms with E-state index in [1.165, 1.54) is 0 Å². The lowest BCUT2D eigenvalue weighted by Crippen LogP contribution is -2.12. The van der Waals surface area contributed by atoms with E-state index in [-0.39, 0.29) is 5.91 Å². The molecule has 3 rings (SSSR count). The van der Waals surface area contributed by atoms with Gasteiger partial charge in [-0.2, -0.15) is 0 Å². The number of rotatable bonds is 5. The molecular weight excluding hydrogens is 354 g/mol. The summed E-state index contributed by atoms with van der Waals surface area (Å²) in [6.45, 7) is 0. The molecule has 0 fully saturated rings. The fourth-order valence-corrected chi connectivity index (χ4v) is 2.67. The van der Waals surface area contributed by atoms with Crippen molar-refractivity contribution in [3.8, 4) is 11.3 Å². The summed E-state index contributed by atoms with van der Waals surface area (Å²) in [6.07, 6.45) is 0.951. The van der Waals surface area contributed by atoms with Crippen LogP contribution >= 0.6 is 15.9 Å². The summed E-state index contributed by atoms with van der Waals surface area (Å²) in [5.74, 6) is 1.60. The van der Waals surface area contributed by atoms with E-state index in [1.807, 2.05) is 66.7 Å². The maximum absolute atomic E-state index is 12.0. The summed E-state index contributed by atoms with van der Waals surface area (Å²) < 4.78 is 6.68. The van der Waals surface area contributed by atoms with Crippen LogP contribution in [0.3, 0.4) is 0 Å². The molecule has 0 saturated carbocycles. The van der Waals surface area contributed by atoms with E-state index in [9.17, 15) is 4.79 Å². The molecule has 0 aliphatic rings. The normalized spacial score (nSPS) is 10.5. The molecule has 3 aromatic rings. The van der Waals surface area contributed by atoms with Crippen molar-refractivity contribution in [3.63, 3.8) is 0 Å². The molecule has 0 aliphatic carbocycles. The van der Waals surface area contributed by atoms with E-state index >= 15 is 0 Å². The number of para-hydroxylation sites is 1. The maximum atomic E-state index is 12.0. The van der Waals surface area contributed by atoms with E-state index in [1.54, 1.807) is 0 Å². The van der Waals surface area contributed by atoms with Gasteiger partial charge >= 0.3 is 0 Å². The fraction of sp³-hybridized carbons (Fsp3) is 0.105. The van der Waals surface area contributed by atoms with Crippen LogP contribution in [0, 0.1) is 0 Å². The Morgan fingerprint density at radius 2 is 1.70 bits per heavy atom. The Morgan fingerprint density at radius 3 is 2.48 bits per heavy atom. The first-order valence-corrected chi connectivity index (χ1v) is 8.20. The zero-order chi connectivity index (χ0) is 16.1. The zero-order valence-electron chi connectivity index (χ0n) is 12.5. The standard InChI is InChI=1S/C19H16BrNO2/c20-16-8-4-5-9-17(16)21-19(22)13-11-15-10-12-18(23-15)14-6-2-1-3-7-14/h1-10,12H,11,13H2,(H,21,22). The first kappa shape index (κ1) is 15.6. The topological polar surface area (TPSA) is 42.2 Å². The molecule has 1 N–H and O–H groups in total. The van der Waals surface area contributed by atoms with E-state index in [2.05, 4.69) is 21.2 Å². The highest BCUT2D eigenvalue weighted by molar-refractivity contribution is 9.10. The second-order valence-corrected chi connectivity index (χ2v) is 6.01. The van der Waals surface area contributed by atoms with Crippen molar-refractivity contribution in [1.29, 1.82) is 0 Å². The molecule has 0 saturated heterocycles. The van der Waals surface area contributed by atoms with Crippen LogP contribution in [0.15, 0.2) is 75.6 Å². The van der Waals surface area contributed by atoms with Crippen molar-refractivity contribution < 1.29 is 9.21 Å². The van der Waals surface area contributed by atoms with E-state index in [4.69, 9.17) is 4.42 Å². The van der Waals surface area contributed by atoms with E-state index in [0.29, 0.717) is 12.8 Å². The second-order valence-electron chi connectivity index (χ2n) is 5.16. The van der Waals surface area contributed by atoms with Gasteiger partial charge in [-0.1, -0.05) is 42.5 Å². The minimum absolute atomic E-state index is 0.0328. The summed E-state index contributed by atoms with van der Waals surface area (Å²) >= 11 is 3.42. The van der Waals surface area contributed by atoms with Gasteiger partial charge < -0.3 is 9.73 Å². The lowest BCUT2D eigenvalue weighted by Gasteiger charge is -2.06. The Labute approximate surface area is 143 Å². The Morgan fingerprint density at radius 1 is 0.957 bits per heavy atom. The monoisotopic (exact) mass is 369 g/mol. The van der Waals surface area contributed by atoms with Gasteiger partial charge in [-0.05, 0) is 40.2 Å². The molecule has 2 aromatic carbocycles. The Balaban J connectivity index is 1.58. The highest BCUT2D eigenvalue weighted by Crippen LogP contribution is 2.23. The summed E-state index contributed by atoms with van der Waals surface area (Å²) in [5.41, 5.74) is 1.82. The number of nitrogens with one attached hydrogen (secondary N) is 1. The Kier molecular flexibility index (Phi) is 4.93. The van der Waals surface area contributed by atoms with E-state index < -0.39 is 0 Å². The molecule has 0 aliphatic heterocycles. The first-order chi connectivity index (χ1) is 11.2. The third-order valence-electron chi connectivity index (χ3n) is 3.47. The largest absolute Gasteiger partial charge is 0.461 e. The molecule has 4 heteroatoms. The number of hydrogen-bond acceptors (Lipinski definition) is 2. The van der Waals surface area contributed by atoms with Crippen LogP contribution in [0.2, 0.25) is 0 Å². The number of hydrogen-bond donors (Lipinski definition) is 1. The van der Waals surface area contributed by atoms with E-state index in [0.717, 1.165) is 27.2 Å². The lowest BCUT2D eigenvalue weighted by atomic mass is 10.2. The van der Waals surface area contributed by atoms with Gasteiger partial charge in [0.2, 0.25) is 5.91 Å². The molecule has 1 amide bonds. The van der Waals surface area contributed by atoms with Gasteiger partial charge in [-0.15, -0.1) is 0 Å². The second kappa shape index (κ2) is 7.29. The molecule has 0 spiro atoms. The summed E-state index contributed by atoms with van der Waals surface area (Å²) in [5, 5.41) is 2.89. The van der Waals surface area contributed by atoms with Crippen molar-refractivity contribution in [1.82, 2.24) is 0 Å². The Bertz CT molecular complexity index is 796. The van der Waals surface area contributed by atoms with Gasteiger partial charge in [0.05, 0.1) is 5.69 Å². The van der Waals surface area contributed by atoms with Crippen molar-refractivity contribution in [2.24, 2.45) is 0 Å². The maximum Gasteiger partial charge on any atom is 0.224 e. The van der Waals surface area contributed by atoms with Gasteiger partial charge in [0, 0.05) is 22.9 Å². The van der Waals surface area contributed by atoms with Crippen molar-refractivity contribution in [3.05, 3.63) is 77.0 Å². The molecule has 116 valence electrons. The van der Waals surface area contributed by atoms with Crippen molar-refractivity contribution >= 4 is 27.5 Å². The summed E-state index contributed by atoms with van der Waals surface area (Å²) in [7, 11) is 0. The van der Waals surface area contributed by atoms with Crippen LogP contribution in [0.5, 0.6) is 0 Å². The smallest absolute Gasteiger partial charge is 0.224 e. The molecule has 0 radical (unpaired) electrons. The fourth-order valence-electron chi connectivity index (χ4n) is 2.28. The molecule has 0 bridgehead atoms. The van der Waals surface area contributed by atoms with Crippen LogP contribution in [0.25, 0.3) is 11.3 Å². The van der Waals surface area contributed by atoms with Gasteiger partial charge in [-0.3, -0.25) is 4.79 Å². The van der Waals surface area contributed by atoms with Crippen LogP contribution in [0.1, 0.15) is 12.2 Å². The predicted octanol–water partition coefficient (Wildman–Crippen LogP) is 5.28. The van der Waals surface area contributed by atoms with Crippen LogP contribution in [-0.2, 0) is 11.2 Å². The zero-order valence-corrected chi connectivity index (χ0v) is 14.0. The molecule has 3 nitrogen and oxygen atoms in total. The minimum atomic E-state index is -0.0328. The lowest BCUT2D eigenvalue weighted by molar-refractivity contribution is -0.116. The molecule has 23 heavy (non-hydrogen) atoms. The van der Waals surface area contributed by atoms with Gasteiger partial charge in [0.1, 0.15) is 11.5 Å². The first-order valence-electron chi connectivity index (χ1n) is 7.41. The van der Waals surface area contributed by atoms with Gasteiger partial charge in [-0.25, -0.2) is 0 Å². The van der Waals surface area contributed by atoms with Crippen molar-refractivity contribution in [2.75, 3.05) is 5.32 Å². The van der Waals surface area contributed by atoms with Crippen LogP contribution in [-0.4, -0.2) is 5.91 Å². The number of amides is 1. The molecular formula is C19H16BrNO2. The third-order valence-corrected chi connectivity index (χ3v) is 4.16. The average molecular weight is 370 g/mol. The summed E-state index contributed by atoms with van der Waals surface area (Å²) in [4.78, 5) is 12.0. The molecule has 0 atom stereocenters. The predicted molar refractivity (Wildman–Crippen MR) is 95.2 cm³/mol. The number of furan rings is 1. The quantitative estimate of drug-likeness (QED) is 0.664. The molecule has 1 heterocycles. The number of carbonyl (C=O) groups is 1. The highest BCUT2D eigenvalue weighted by Gasteiger charge is 2.08. The number of aryl methyl sites for hydroxylation is 1. The third kappa shape index (κ3) is 4.11. The van der Waals surface area contributed by atoms with Gasteiger partial charge in [0.15, 0.2) is 0 Å². The number of carbonyl (C=O) groups excluding carboxylic acids is 1. The number of benzene rings is 2. The molecule has 0 unspecified atom stereocenters. The minimum Gasteiger partial charge on any atom is -0.461 e. The number of anilines is 1. The molecule has 1 aromatic heterocycles. The average Bonchev–Trinajstić information content (AvgIpc) is 3.05. The SMILES string of the molecule is O=C(CCc1ccc(-c2ccccc2)o1)Nc1ccccc1Br. The Hall–Kier alpha value is -2.33. The van der Waals surface area contributed by atoms with Gasteiger partial charge in [0.25, 0.3) is 0 Å².